The van der Waals surface area contributed by atoms with Crippen molar-refractivity contribution in [3.63, 3.8) is 0 Å². The third-order valence-corrected chi connectivity index (χ3v) is 4.34. The zero-order valence-electron chi connectivity index (χ0n) is 13.0. The molecule has 0 aliphatic carbocycles. The van der Waals surface area contributed by atoms with Crippen LogP contribution in [0.2, 0.25) is 0 Å². The van der Waals surface area contributed by atoms with Crippen LogP contribution in [0.3, 0.4) is 0 Å². The first-order chi connectivity index (χ1) is 11.3. The summed E-state index contributed by atoms with van der Waals surface area (Å²) in [6.45, 7) is 4.22. The van der Waals surface area contributed by atoms with E-state index in [1.54, 1.807) is 6.26 Å². The van der Waals surface area contributed by atoms with E-state index in [9.17, 15) is 0 Å². The zero-order valence-corrected chi connectivity index (χ0v) is 13.0. The normalized spacial score (nSPS) is 16.2. The number of likely N-dealkylation sites (tertiary alicyclic amines) is 1. The molecule has 0 unspecified atom stereocenters. The maximum absolute atomic E-state index is 5.88. The summed E-state index contributed by atoms with van der Waals surface area (Å²) in [6, 6.07) is 3.68. The molecule has 7 nitrogen and oxygen atoms in total. The lowest BCUT2D eigenvalue weighted by molar-refractivity contribution is 0.221. The molecular formula is C16H20N6O. The standard InChI is InChI=1S/C16H20N6O/c17-16-19-13(12-5-4-10-23-12)14-15(20-16)22(11-18-14)9-8-21-6-2-1-3-7-21/h4-5,10-11H,1-3,6-9H2,(H2,17,19,20). The molecule has 0 bridgehead atoms. The number of piperidine rings is 1. The fraction of sp³-hybridized carbons (Fsp3) is 0.438. The molecule has 4 rings (SSSR count). The number of furan rings is 1. The van der Waals surface area contributed by atoms with Crippen molar-refractivity contribution < 1.29 is 4.42 Å². The SMILES string of the molecule is Nc1nc(-c2ccco2)c2ncn(CCN3CCCCC3)c2n1. The van der Waals surface area contributed by atoms with Gasteiger partial charge in [0.1, 0.15) is 11.2 Å². The van der Waals surface area contributed by atoms with Crippen molar-refractivity contribution in [2.75, 3.05) is 25.4 Å². The summed E-state index contributed by atoms with van der Waals surface area (Å²) in [5.41, 5.74) is 8.02. The van der Waals surface area contributed by atoms with E-state index < -0.39 is 0 Å². The monoisotopic (exact) mass is 312 g/mol. The van der Waals surface area contributed by atoms with Crippen LogP contribution in [0.1, 0.15) is 19.3 Å². The third-order valence-electron chi connectivity index (χ3n) is 4.34. The highest BCUT2D eigenvalue weighted by molar-refractivity contribution is 5.86. The smallest absolute Gasteiger partial charge is 0.222 e. The number of nitrogen functional groups attached to an aromatic ring is 1. The van der Waals surface area contributed by atoms with Crippen LogP contribution in [0.15, 0.2) is 29.1 Å². The number of rotatable bonds is 4. The molecule has 4 heterocycles. The first-order valence-corrected chi connectivity index (χ1v) is 8.06. The molecule has 23 heavy (non-hydrogen) atoms. The lowest BCUT2D eigenvalue weighted by atomic mass is 10.1. The number of nitrogens with zero attached hydrogens (tertiary/aromatic N) is 5. The molecule has 7 heteroatoms. The van der Waals surface area contributed by atoms with Gasteiger partial charge < -0.3 is 19.6 Å². The Bertz CT molecular complexity index is 788. The van der Waals surface area contributed by atoms with Crippen molar-refractivity contribution >= 4 is 17.1 Å². The van der Waals surface area contributed by atoms with Gasteiger partial charge in [-0.3, -0.25) is 0 Å². The number of anilines is 1. The van der Waals surface area contributed by atoms with Crippen LogP contribution in [0.5, 0.6) is 0 Å². The molecule has 0 saturated carbocycles. The van der Waals surface area contributed by atoms with E-state index in [4.69, 9.17) is 10.2 Å². The number of nitrogens with two attached hydrogens (primary N) is 1. The van der Waals surface area contributed by atoms with Crippen LogP contribution in [0.25, 0.3) is 22.6 Å². The molecule has 0 aromatic carbocycles. The average Bonchev–Trinajstić information content (AvgIpc) is 3.23. The Morgan fingerprint density at radius 1 is 1.13 bits per heavy atom. The molecule has 2 N–H and O–H groups in total. The summed E-state index contributed by atoms with van der Waals surface area (Å²) in [4.78, 5) is 15.6. The van der Waals surface area contributed by atoms with Crippen LogP contribution < -0.4 is 5.73 Å². The number of imidazole rings is 1. The summed E-state index contributed by atoms with van der Waals surface area (Å²) in [5.74, 6) is 0.897. The topological polar surface area (TPSA) is 86.0 Å². The number of fused-ring (bicyclic) bond motifs is 1. The average molecular weight is 312 g/mol. The minimum atomic E-state index is 0.239. The molecule has 3 aromatic heterocycles. The predicted octanol–water partition coefficient (Wildman–Crippen LogP) is 2.15. The Morgan fingerprint density at radius 2 is 2.00 bits per heavy atom. The predicted molar refractivity (Wildman–Crippen MR) is 87.7 cm³/mol. The van der Waals surface area contributed by atoms with E-state index in [-0.39, 0.29) is 5.95 Å². The van der Waals surface area contributed by atoms with E-state index in [0.29, 0.717) is 11.5 Å². The van der Waals surface area contributed by atoms with Gasteiger partial charge in [0.25, 0.3) is 0 Å². The molecule has 1 saturated heterocycles. The number of hydrogen-bond donors (Lipinski definition) is 1. The van der Waals surface area contributed by atoms with Gasteiger partial charge in [0.15, 0.2) is 11.4 Å². The van der Waals surface area contributed by atoms with Crippen molar-refractivity contribution in [3.05, 3.63) is 24.7 Å². The third kappa shape index (κ3) is 2.79. The van der Waals surface area contributed by atoms with Gasteiger partial charge in [-0.2, -0.15) is 4.98 Å². The molecule has 0 atom stereocenters. The molecule has 1 aliphatic heterocycles. The fourth-order valence-corrected chi connectivity index (χ4v) is 3.14. The van der Waals surface area contributed by atoms with Gasteiger partial charge in [-0.15, -0.1) is 0 Å². The second kappa shape index (κ2) is 6.00. The molecule has 120 valence electrons. The highest BCUT2D eigenvalue weighted by Crippen LogP contribution is 2.26. The highest BCUT2D eigenvalue weighted by atomic mass is 16.3. The molecule has 3 aromatic rings. The van der Waals surface area contributed by atoms with Crippen molar-refractivity contribution in [2.24, 2.45) is 0 Å². The van der Waals surface area contributed by atoms with Crippen molar-refractivity contribution in [1.29, 1.82) is 0 Å². The Labute approximate surface area is 134 Å². The first kappa shape index (κ1) is 14.2. The maximum Gasteiger partial charge on any atom is 0.222 e. The van der Waals surface area contributed by atoms with Crippen LogP contribution in [0, 0.1) is 0 Å². The van der Waals surface area contributed by atoms with E-state index >= 15 is 0 Å². The minimum absolute atomic E-state index is 0.239. The first-order valence-electron chi connectivity index (χ1n) is 8.06. The van der Waals surface area contributed by atoms with Crippen LogP contribution in [-0.2, 0) is 6.54 Å². The van der Waals surface area contributed by atoms with Crippen molar-refractivity contribution in [2.45, 2.75) is 25.8 Å². The Morgan fingerprint density at radius 3 is 2.78 bits per heavy atom. The summed E-state index contributed by atoms with van der Waals surface area (Å²) in [5, 5.41) is 0. The van der Waals surface area contributed by atoms with Crippen LogP contribution in [-0.4, -0.2) is 44.1 Å². The van der Waals surface area contributed by atoms with Gasteiger partial charge in [0.05, 0.1) is 12.6 Å². The Balaban J connectivity index is 1.63. The van der Waals surface area contributed by atoms with Gasteiger partial charge in [0.2, 0.25) is 5.95 Å². The summed E-state index contributed by atoms with van der Waals surface area (Å²) >= 11 is 0. The van der Waals surface area contributed by atoms with E-state index in [0.717, 1.165) is 24.3 Å². The minimum Gasteiger partial charge on any atom is -0.463 e. The van der Waals surface area contributed by atoms with Crippen molar-refractivity contribution in [3.8, 4) is 11.5 Å². The maximum atomic E-state index is 5.88. The zero-order chi connectivity index (χ0) is 15.6. The summed E-state index contributed by atoms with van der Waals surface area (Å²) < 4.78 is 7.49. The molecule has 0 spiro atoms. The summed E-state index contributed by atoms with van der Waals surface area (Å²) in [6.07, 6.45) is 7.37. The largest absolute Gasteiger partial charge is 0.463 e. The highest BCUT2D eigenvalue weighted by Gasteiger charge is 2.16. The van der Waals surface area contributed by atoms with Crippen LogP contribution in [0.4, 0.5) is 5.95 Å². The van der Waals surface area contributed by atoms with Crippen molar-refractivity contribution in [1.82, 2.24) is 24.4 Å². The number of aromatic nitrogens is 4. The quantitative estimate of drug-likeness (QED) is 0.794. The van der Waals surface area contributed by atoms with E-state index in [1.807, 2.05) is 18.5 Å². The van der Waals surface area contributed by atoms with E-state index in [1.165, 1.54) is 32.4 Å². The van der Waals surface area contributed by atoms with Gasteiger partial charge in [-0.25, -0.2) is 9.97 Å². The second-order valence-corrected chi connectivity index (χ2v) is 5.92. The Hall–Kier alpha value is -2.41. The molecule has 1 aliphatic rings. The lowest BCUT2D eigenvalue weighted by Gasteiger charge is -2.26. The van der Waals surface area contributed by atoms with E-state index in [2.05, 4.69) is 24.4 Å². The van der Waals surface area contributed by atoms with Gasteiger partial charge in [-0.1, -0.05) is 6.42 Å². The fourth-order valence-electron chi connectivity index (χ4n) is 3.14. The second-order valence-electron chi connectivity index (χ2n) is 5.92. The Kier molecular flexibility index (Phi) is 3.70. The lowest BCUT2D eigenvalue weighted by Crippen LogP contribution is -2.32. The number of hydrogen-bond acceptors (Lipinski definition) is 6. The molecule has 0 amide bonds. The van der Waals surface area contributed by atoms with Gasteiger partial charge >= 0.3 is 0 Å². The summed E-state index contributed by atoms with van der Waals surface area (Å²) in [7, 11) is 0. The van der Waals surface area contributed by atoms with Gasteiger partial charge in [0, 0.05) is 13.1 Å². The van der Waals surface area contributed by atoms with Gasteiger partial charge in [-0.05, 0) is 38.1 Å². The molecule has 1 fully saturated rings. The molecular weight excluding hydrogens is 292 g/mol. The van der Waals surface area contributed by atoms with Crippen LogP contribution >= 0.6 is 0 Å². The molecule has 0 radical (unpaired) electrons.